The zero-order valence-corrected chi connectivity index (χ0v) is 11.5. The van der Waals surface area contributed by atoms with Gasteiger partial charge in [0.1, 0.15) is 0 Å². The summed E-state index contributed by atoms with van der Waals surface area (Å²) in [6, 6.07) is 7.77. The molecule has 21 heavy (non-hydrogen) atoms. The maximum Gasteiger partial charge on any atom is 0.269 e. The number of ether oxygens (including phenoxy) is 1. The van der Waals surface area contributed by atoms with Crippen molar-refractivity contribution in [3.63, 3.8) is 0 Å². The number of nitrogens with zero attached hydrogens (tertiary/aromatic N) is 3. The Kier molecular flexibility index (Phi) is 5.22. The summed E-state index contributed by atoms with van der Waals surface area (Å²) in [5.74, 6) is -0.579. The second-order valence-corrected chi connectivity index (χ2v) is 4.94. The number of morpholine rings is 1. The summed E-state index contributed by atoms with van der Waals surface area (Å²) in [4.78, 5) is 12.2. The number of aliphatic hydroxyl groups is 1. The Bertz CT molecular complexity index is 520. The Morgan fingerprint density at radius 3 is 2.52 bits per heavy atom. The molecule has 7 nitrogen and oxygen atoms in total. The molecule has 2 rings (SSSR count). The van der Waals surface area contributed by atoms with E-state index in [0.717, 1.165) is 13.1 Å². The van der Waals surface area contributed by atoms with Crippen LogP contribution in [0.4, 0.5) is 5.69 Å². The summed E-state index contributed by atoms with van der Waals surface area (Å²) in [5, 5.41) is 30.2. The van der Waals surface area contributed by atoms with Crippen LogP contribution in [0.1, 0.15) is 11.7 Å². The van der Waals surface area contributed by atoms with Crippen LogP contribution in [0.5, 0.6) is 0 Å². The second kappa shape index (κ2) is 7.13. The topological polar surface area (TPSA) is 99.6 Å². The molecule has 0 spiro atoms. The SMILES string of the molecule is N#C[C@H](CN1CCOCC1)[C@H](O)c1ccc([N+](=O)[O-])cc1. The third-order valence-electron chi connectivity index (χ3n) is 3.55. The minimum absolute atomic E-state index is 0.0346. The average Bonchev–Trinajstić information content (AvgIpc) is 2.53. The Labute approximate surface area is 122 Å². The van der Waals surface area contributed by atoms with Crippen molar-refractivity contribution >= 4 is 5.69 Å². The van der Waals surface area contributed by atoms with Crippen molar-refractivity contribution in [1.29, 1.82) is 5.26 Å². The maximum atomic E-state index is 10.6. The standard InChI is InChI=1S/C14H17N3O4/c15-9-12(10-16-5-7-21-8-6-16)14(18)11-1-3-13(4-2-11)17(19)20/h1-4,12,14,18H,5-8,10H2/t12-,14-/m1/s1. The van der Waals surface area contributed by atoms with E-state index in [2.05, 4.69) is 11.0 Å². The minimum Gasteiger partial charge on any atom is -0.387 e. The highest BCUT2D eigenvalue weighted by Crippen LogP contribution is 2.24. The van der Waals surface area contributed by atoms with Crippen LogP contribution in [0.2, 0.25) is 0 Å². The Morgan fingerprint density at radius 2 is 2.00 bits per heavy atom. The van der Waals surface area contributed by atoms with E-state index in [0.29, 0.717) is 25.3 Å². The number of nitro benzene ring substituents is 1. The highest BCUT2D eigenvalue weighted by atomic mass is 16.6. The summed E-state index contributed by atoms with van der Waals surface area (Å²) in [5.41, 5.74) is 0.480. The first-order chi connectivity index (χ1) is 10.1. The van der Waals surface area contributed by atoms with Crippen molar-refractivity contribution in [1.82, 2.24) is 4.90 Å². The molecule has 1 heterocycles. The van der Waals surface area contributed by atoms with Gasteiger partial charge in [-0.3, -0.25) is 15.0 Å². The molecule has 1 saturated heterocycles. The molecule has 1 aliphatic heterocycles. The van der Waals surface area contributed by atoms with Crippen LogP contribution in [0, 0.1) is 27.4 Å². The van der Waals surface area contributed by atoms with Gasteiger partial charge in [0.15, 0.2) is 0 Å². The quantitative estimate of drug-likeness (QED) is 0.644. The molecule has 1 fully saturated rings. The molecule has 1 N–H and O–H groups in total. The number of hydrogen-bond acceptors (Lipinski definition) is 6. The van der Waals surface area contributed by atoms with Crippen molar-refractivity contribution in [2.75, 3.05) is 32.8 Å². The number of non-ortho nitro benzene ring substituents is 1. The average molecular weight is 291 g/mol. The molecule has 1 aromatic carbocycles. The number of nitro groups is 1. The van der Waals surface area contributed by atoms with Gasteiger partial charge in [-0.25, -0.2) is 0 Å². The van der Waals surface area contributed by atoms with Crippen LogP contribution in [-0.4, -0.2) is 47.8 Å². The van der Waals surface area contributed by atoms with Gasteiger partial charge in [-0.05, 0) is 17.7 Å². The number of hydrogen-bond donors (Lipinski definition) is 1. The predicted octanol–water partition coefficient (Wildman–Crippen LogP) is 1.10. The smallest absolute Gasteiger partial charge is 0.269 e. The summed E-state index contributed by atoms with van der Waals surface area (Å²) in [6.45, 7) is 3.20. The Balaban J connectivity index is 2.03. The van der Waals surface area contributed by atoms with Crippen molar-refractivity contribution in [3.05, 3.63) is 39.9 Å². The van der Waals surface area contributed by atoms with Gasteiger partial charge < -0.3 is 9.84 Å². The van der Waals surface area contributed by atoms with Crippen LogP contribution >= 0.6 is 0 Å². The van der Waals surface area contributed by atoms with Crippen LogP contribution in [0.15, 0.2) is 24.3 Å². The lowest BCUT2D eigenvalue weighted by atomic mass is 9.96. The first-order valence-corrected chi connectivity index (χ1v) is 6.74. The first-order valence-electron chi connectivity index (χ1n) is 6.74. The molecule has 1 aliphatic rings. The van der Waals surface area contributed by atoms with Gasteiger partial charge in [0, 0.05) is 31.8 Å². The molecule has 0 saturated carbocycles. The van der Waals surface area contributed by atoms with Crippen LogP contribution in [0.25, 0.3) is 0 Å². The molecule has 0 aliphatic carbocycles. The lowest BCUT2D eigenvalue weighted by Gasteiger charge is -2.29. The predicted molar refractivity (Wildman–Crippen MR) is 74.4 cm³/mol. The molecule has 7 heteroatoms. The molecule has 0 aromatic heterocycles. The maximum absolute atomic E-state index is 10.6. The number of benzene rings is 1. The number of rotatable bonds is 5. The molecule has 0 unspecified atom stereocenters. The lowest BCUT2D eigenvalue weighted by Crippen LogP contribution is -2.40. The van der Waals surface area contributed by atoms with Crippen molar-refractivity contribution in [3.8, 4) is 6.07 Å². The summed E-state index contributed by atoms with van der Waals surface area (Å²) in [7, 11) is 0. The monoisotopic (exact) mass is 291 g/mol. The largest absolute Gasteiger partial charge is 0.387 e. The molecule has 2 atom stereocenters. The Hall–Kier alpha value is -2.01. The van der Waals surface area contributed by atoms with E-state index < -0.39 is 16.9 Å². The molecular formula is C14H17N3O4. The van der Waals surface area contributed by atoms with Crippen molar-refractivity contribution in [2.24, 2.45) is 5.92 Å². The molecule has 0 bridgehead atoms. The summed E-state index contributed by atoms with van der Waals surface area (Å²) in [6.07, 6.45) is -0.960. The summed E-state index contributed by atoms with van der Waals surface area (Å²) < 4.78 is 5.24. The van der Waals surface area contributed by atoms with Crippen LogP contribution in [-0.2, 0) is 4.74 Å². The van der Waals surface area contributed by atoms with Crippen molar-refractivity contribution < 1.29 is 14.8 Å². The molecular weight excluding hydrogens is 274 g/mol. The Morgan fingerprint density at radius 1 is 1.38 bits per heavy atom. The molecule has 0 radical (unpaired) electrons. The van der Waals surface area contributed by atoms with Gasteiger partial charge in [-0.2, -0.15) is 5.26 Å². The van der Waals surface area contributed by atoms with Crippen LogP contribution < -0.4 is 0 Å². The van der Waals surface area contributed by atoms with Gasteiger partial charge in [-0.15, -0.1) is 0 Å². The molecule has 1 aromatic rings. The first kappa shape index (κ1) is 15.4. The molecule has 0 amide bonds. The number of aliphatic hydroxyl groups excluding tert-OH is 1. The van der Waals surface area contributed by atoms with E-state index in [1.165, 1.54) is 24.3 Å². The molecule has 112 valence electrons. The summed E-state index contributed by atoms with van der Waals surface area (Å²) >= 11 is 0. The number of nitriles is 1. The van der Waals surface area contributed by atoms with Gasteiger partial charge in [-0.1, -0.05) is 0 Å². The zero-order valence-electron chi connectivity index (χ0n) is 11.5. The van der Waals surface area contributed by atoms with Gasteiger partial charge in [0.25, 0.3) is 5.69 Å². The van der Waals surface area contributed by atoms with Gasteiger partial charge >= 0.3 is 0 Å². The third-order valence-corrected chi connectivity index (χ3v) is 3.55. The highest BCUT2D eigenvalue weighted by Gasteiger charge is 2.24. The van der Waals surface area contributed by atoms with E-state index in [-0.39, 0.29) is 5.69 Å². The fraction of sp³-hybridized carbons (Fsp3) is 0.500. The van der Waals surface area contributed by atoms with E-state index in [1.807, 2.05) is 0 Å². The fourth-order valence-electron chi connectivity index (χ4n) is 2.30. The van der Waals surface area contributed by atoms with E-state index in [9.17, 15) is 20.5 Å². The van der Waals surface area contributed by atoms with Crippen LogP contribution in [0.3, 0.4) is 0 Å². The van der Waals surface area contributed by atoms with Gasteiger partial charge in [0.2, 0.25) is 0 Å². The highest BCUT2D eigenvalue weighted by molar-refractivity contribution is 5.34. The van der Waals surface area contributed by atoms with Crippen molar-refractivity contribution in [2.45, 2.75) is 6.10 Å². The third kappa shape index (κ3) is 3.98. The van der Waals surface area contributed by atoms with E-state index in [1.54, 1.807) is 0 Å². The fourth-order valence-corrected chi connectivity index (χ4v) is 2.30. The minimum atomic E-state index is -0.960. The zero-order chi connectivity index (χ0) is 15.2. The second-order valence-electron chi connectivity index (χ2n) is 4.94. The lowest BCUT2D eigenvalue weighted by molar-refractivity contribution is -0.384. The van der Waals surface area contributed by atoms with E-state index >= 15 is 0 Å². The van der Waals surface area contributed by atoms with E-state index in [4.69, 9.17) is 4.74 Å². The van der Waals surface area contributed by atoms with Gasteiger partial charge in [0.05, 0.1) is 36.2 Å². The normalized spacial score (nSPS) is 18.7.